The van der Waals surface area contributed by atoms with E-state index in [1.165, 1.54) is 18.3 Å². The number of amides is 1. The van der Waals surface area contributed by atoms with E-state index in [9.17, 15) is 31.1 Å². The molecule has 4 aromatic rings. The molecule has 2 aromatic heterocycles. The molecular formula is C22H13F6N3O. The zero-order valence-electron chi connectivity index (χ0n) is 16.0. The molecule has 0 saturated carbocycles. The van der Waals surface area contributed by atoms with E-state index in [1.54, 1.807) is 10.6 Å². The number of benzene rings is 2. The van der Waals surface area contributed by atoms with Crippen LogP contribution >= 0.6 is 0 Å². The van der Waals surface area contributed by atoms with Crippen LogP contribution in [0.15, 0.2) is 73.1 Å². The molecule has 2 heterocycles. The van der Waals surface area contributed by atoms with Gasteiger partial charge in [-0.3, -0.25) is 4.79 Å². The van der Waals surface area contributed by atoms with Crippen LogP contribution in [0.25, 0.3) is 16.9 Å². The second kappa shape index (κ2) is 7.70. The zero-order chi connectivity index (χ0) is 23.1. The number of fused-ring (bicyclic) bond motifs is 1. The Hall–Kier alpha value is -3.82. The van der Waals surface area contributed by atoms with Crippen molar-refractivity contribution < 1.29 is 31.1 Å². The van der Waals surface area contributed by atoms with Crippen LogP contribution in [-0.4, -0.2) is 15.3 Å². The summed E-state index contributed by atoms with van der Waals surface area (Å²) in [5, 5.41) is 2.11. The number of nitrogens with zero attached hydrogens (tertiary/aromatic N) is 2. The lowest BCUT2D eigenvalue weighted by Crippen LogP contribution is -2.16. The summed E-state index contributed by atoms with van der Waals surface area (Å²) in [6.07, 6.45) is -6.77. The maximum atomic E-state index is 13.0. The lowest BCUT2D eigenvalue weighted by Gasteiger charge is -2.14. The topological polar surface area (TPSA) is 46.4 Å². The number of hydrogen-bond donors (Lipinski definition) is 1. The first kappa shape index (κ1) is 21.4. The lowest BCUT2D eigenvalue weighted by molar-refractivity contribution is -0.143. The molecule has 0 aliphatic heterocycles. The normalized spacial score (nSPS) is 12.2. The molecule has 4 rings (SSSR count). The number of aromatic nitrogens is 2. The first-order valence-corrected chi connectivity index (χ1v) is 9.16. The Morgan fingerprint density at radius 1 is 0.844 bits per heavy atom. The minimum absolute atomic E-state index is 0.00263. The van der Waals surface area contributed by atoms with Crippen molar-refractivity contribution in [3.05, 3.63) is 89.7 Å². The Kier molecular flexibility index (Phi) is 5.15. The van der Waals surface area contributed by atoms with Gasteiger partial charge in [-0.05, 0) is 30.3 Å². The molecule has 0 aliphatic rings. The smallest absolute Gasteiger partial charge is 0.322 e. The molecule has 10 heteroatoms. The predicted octanol–water partition coefficient (Wildman–Crippen LogP) is 6.29. The van der Waals surface area contributed by atoms with Gasteiger partial charge in [-0.25, -0.2) is 4.98 Å². The summed E-state index contributed by atoms with van der Waals surface area (Å²) in [4.78, 5) is 17.0. The highest BCUT2D eigenvalue weighted by molar-refractivity contribution is 6.04. The molecule has 1 amide bonds. The minimum atomic E-state index is -5.01. The Bertz CT molecular complexity index is 1260. The Morgan fingerprint density at radius 2 is 1.47 bits per heavy atom. The first-order valence-electron chi connectivity index (χ1n) is 9.16. The van der Waals surface area contributed by atoms with Crippen molar-refractivity contribution >= 4 is 17.2 Å². The number of pyridine rings is 1. The van der Waals surface area contributed by atoms with Crippen molar-refractivity contribution in [3.8, 4) is 11.3 Å². The van der Waals surface area contributed by atoms with Gasteiger partial charge in [0, 0.05) is 29.2 Å². The lowest BCUT2D eigenvalue weighted by atomic mass is 10.1. The molecule has 2 aromatic carbocycles. The van der Waals surface area contributed by atoms with E-state index < -0.39 is 35.1 Å². The van der Waals surface area contributed by atoms with Crippen molar-refractivity contribution in [3.63, 3.8) is 0 Å². The molecular weight excluding hydrogens is 436 g/mol. The van der Waals surface area contributed by atoms with Crippen molar-refractivity contribution in [2.24, 2.45) is 0 Å². The number of halogens is 6. The molecule has 0 unspecified atom stereocenters. The quantitative estimate of drug-likeness (QED) is 0.374. The number of alkyl halides is 6. The van der Waals surface area contributed by atoms with Gasteiger partial charge in [-0.1, -0.05) is 30.3 Å². The number of nitrogens with one attached hydrogen (secondary N) is 1. The predicted molar refractivity (Wildman–Crippen MR) is 105 cm³/mol. The minimum Gasteiger partial charge on any atom is -0.322 e. The zero-order valence-corrected chi connectivity index (χ0v) is 16.0. The van der Waals surface area contributed by atoms with E-state index in [-0.39, 0.29) is 11.6 Å². The second-order valence-electron chi connectivity index (χ2n) is 6.92. The van der Waals surface area contributed by atoms with E-state index in [0.717, 1.165) is 5.56 Å². The molecule has 0 radical (unpaired) electrons. The van der Waals surface area contributed by atoms with Gasteiger partial charge in [0.1, 0.15) is 5.65 Å². The molecule has 0 atom stereocenters. The SMILES string of the molecule is O=C(Nc1cc(C(F)(F)F)cc(C(F)(F)F)c1)c1ccn2cc(-c3ccccc3)nc2c1. The Balaban J connectivity index is 1.65. The van der Waals surface area contributed by atoms with Gasteiger partial charge in [-0.2, -0.15) is 26.3 Å². The van der Waals surface area contributed by atoms with Crippen LogP contribution in [0.4, 0.5) is 32.0 Å². The highest BCUT2D eigenvalue weighted by Gasteiger charge is 2.37. The van der Waals surface area contributed by atoms with E-state index in [1.807, 2.05) is 30.3 Å². The number of hydrogen-bond acceptors (Lipinski definition) is 2. The molecule has 0 bridgehead atoms. The second-order valence-corrected chi connectivity index (χ2v) is 6.92. The number of rotatable bonds is 3. The van der Waals surface area contributed by atoms with Crippen molar-refractivity contribution in [2.45, 2.75) is 12.4 Å². The Labute approximate surface area is 177 Å². The van der Waals surface area contributed by atoms with Gasteiger partial charge < -0.3 is 9.72 Å². The summed E-state index contributed by atoms with van der Waals surface area (Å²) in [5.74, 6) is -0.871. The Morgan fingerprint density at radius 3 is 2.06 bits per heavy atom. The summed E-state index contributed by atoms with van der Waals surface area (Å²) >= 11 is 0. The maximum absolute atomic E-state index is 13.0. The molecule has 0 aliphatic carbocycles. The third kappa shape index (κ3) is 4.43. The van der Waals surface area contributed by atoms with E-state index >= 15 is 0 Å². The molecule has 1 N–H and O–H groups in total. The van der Waals surface area contributed by atoms with Crippen LogP contribution in [0.1, 0.15) is 21.5 Å². The fraction of sp³-hybridized carbons (Fsp3) is 0.0909. The summed E-state index contributed by atoms with van der Waals surface area (Å²) in [7, 11) is 0. The molecule has 0 spiro atoms. The number of carbonyl (C=O) groups is 1. The number of carbonyl (C=O) groups excluding carboxylic acids is 1. The monoisotopic (exact) mass is 449 g/mol. The van der Waals surface area contributed by atoms with Gasteiger partial charge >= 0.3 is 12.4 Å². The van der Waals surface area contributed by atoms with Crippen LogP contribution in [0.3, 0.4) is 0 Å². The highest BCUT2D eigenvalue weighted by Crippen LogP contribution is 2.37. The van der Waals surface area contributed by atoms with Crippen molar-refractivity contribution in [1.82, 2.24) is 9.38 Å². The van der Waals surface area contributed by atoms with E-state index in [4.69, 9.17) is 0 Å². The number of anilines is 1. The third-order valence-electron chi connectivity index (χ3n) is 4.64. The van der Waals surface area contributed by atoms with Gasteiger partial charge in [0.2, 0.25) is 0 Å². The van der Waals surface area contributed by atoms with Crippen molar-refractivity contribution in [2.75, 3.05) is 5.32 Å². The highest BCUT2D eigenvalue weighted by atomic mass is 19.4. The summed E-state index contributed by atoms with van der Waals surface area (Å²) in [6, 6.07) is 12.9. The maximum Gasteiger partial charge on any atom is 0.416 e. The molecule has 32 heavy (non-hydrogen) atoms. The molecule has 0 fully saturated rings. The summed E-state index contributed by atoms with van der Waals surface area (Å²) in [6.45, 7) is 0. The van der Waals surface area contributed by atoms with Crippen molar-refractivity contribution in [1.29, 1.82) is 0 Å². The fourth-order valence-electron chi connectivity index (χ4n) is 3.10. The molecule has 0 saturated heterocycles. The van der Waals surface area contributed by atoms with Crippen LogP contribution in [-0.2, 0) is 12.4 Å². The van der Waals surface area contributed by atoms with Crippen LogP contribution in [0.2, 0.25) is 0 Å². The average Bonchev–Trinajstić information content (AvgIpc) is 3.16. The fourth-order valence-corrected chi connectivity index (χ4v) is 3.10. The molecule has 4 nitrogen and oxygen atoms in total. The standard InChI is InChI=1S/C22H13F6N3O/c23-21(24,25)15-9-16(22(26,27)28)11-17(10-15)29-20(32)14-6-7-31-12-18(30-19(31)8-14)13-4-2-1-3-5-13/h1-12H,(H,29,32). The molecule has 164 valence electrons. The van der Waals surface area contributed by atoms with Gasteiger partial charge in [0.15, 0.2) is 0 Å². The van der Waals surface area contributed by atoms with Gasteiger partial charge in [-0.15, -0.1) is 0 Å². The van der Waals surface area contributed by atoms with Crippen LogP contribution in [0.5, 0.6) is 0 Å². The summed E-state index contributed by atoms with van der Waals surface area (Å²) < 4.78 is 79.8. The largest absolute Gasteiger partial charge is 0.416 e. The van der Waals surface area contributed by atoms with Gasteiger partial charge in [0.25, 0.3) is 5.91 Å². The van der Waals surface area contributed by atoms with Gasteiger partial charge in [0.05, 0.1) is 16.8 Å². The summed E-state index contributed by atoms with van der Waals surface area (Å²) in [5.41, 5.74) is -1.77. The average molecular weight is 449 g/mol. The first-order chi connectivity index (χ1) is 15.0. The van der Waals surface area contributed by atoms with Crippen LogP contribution < -0.4 is 5.32 Å². The number of imidazole rings is 1. The van der Waals surface area contributed by atoms with Crippen LogP contribution in [0, 0.1) is 0 Å². The third-order valence-corrected chi connectivity index (χ3v) is 4.64. The van der Waals surface area contributed by atoms with E-state index in [2.05, 4.69) is 10.3 Å². The van der Waals surface area contributed by atoms with E-state index in [0.29, 0.717) is 23.5 Å².